The van der Waals surface area contributed by atoms with E-state index in [9.17, 15) is 0 Å². The average Bonchev–Trinajstić information content (AvgIpc) is 2.75. The Morgan fingerprint density at radius 1 is 1.29 bits per heavy atom. The van der Waals surface area contributed by atoms with E-state index in [1.165, 1.54) is 31.5 Å². The van der Waals surface area contributed by atoms with E-state index in [2.05, 4.69) is 36.3 Å². The summed E-state index contributed by atoms with van der Waals surface area (Å²) in [5.41, 5.74) is 1.26. The van der Waals surface area contributed by atoms with Crippen LogP contribution in [-0.2, 0) is 6.42 Å². The fourth-order valence-electron chi connectivity index (χ4n) is 2.83. The quantitative estimate of drug-likeness (QED) is 0.844. The Bertz CT molecular complexity index is 321. The van der Waals surface area contributed by atoms with Crippen LogP contribution < -0.4 is 5.32 Å². The summed E-state index contributed by atoms with van der Waals surface area (Å²) < 4.78 is 0. The Hall–Kier alpha value is -0.890. The molecule has 0 bridgehead atoms. The van der Waals surface area contributed by atoms with Gasteiger partial charge in [-0.15, -0.1) is 0 Å². The lowest BCUT2D eigenvalue weighted by molar-refractivity contribution is 0.352. The molecule has 2 atom stereocenters. The second-order valence-corrected chi connectivity index (χ2v) is 5.54. The van der Waals surface area contributed by atoms with Gasteiger partial charge in [0.2, 0.25) is 0 Å². The van der Waals surface area contributed by atoms with E-state index >= 15 is 0 Å². The molecule has 2 unspecified atom stereocenters. The van der Waals surface area contributed by atoms with Gasteiger partial charge in [-0.05, 0) is 49.8 Å². The number of nitrogens with one attached hydrogen (secondary N) is 1. The van der Waals surface area contributed by atoms with Crippen molar-refractivity contribution in [2.45, 2.75) is 45.6 Å². The highest BCUT2D eigenvalue weighted by Gasteiger charge is 2.27. The molecule has 0 radical (unpaired) electrons. The molecule has 1 aromatic heterocycles. The van der Waals surface area contributed by atoms with E-state index in [1.54, 1.807) is 0 Å². The number of rotatable bonds is 5. The zero-order valence-corrected chi connectivity index (χ0v) is 11.0. The van der Waals surface area contributed by atoms with Crippen LogP contribution in [0.3, 0.4) is 0 Å². The number of nitrogens with zero attached hydrogens (tertiary/aromatic N) is 1. The molecule has 0 spiro atoms. The number of hydrogen-bond acceptors (Lipinski definition) is 2. The topological polar surface area (TPSA) is 24.9 Å². The summed E-state index contributed by atoms with van der Waals surface area (Å²) >= 11 is 0. The summed E-state index contributed by atoms with van der Waals surface area (Å²) in [6.45, 7) is 5.63. The van der Waals surface area contributed by atoms with Crippen LogP contribution in [0.5, 0.6) is 0 Å². The molecule has 17 heavy (non-hydrogen) atoms. The Labute approximate surface area is 105 Å². The predicted molar refractivity (Wildman–Crippen MR) is 71.9 cm³/mol. The van der Waals surface area contributed by atoms with Gasteiger partial charge in [-0.25, -0.2) is 0 Å². The Kier molecular flexibility index (Phi) is 4.55. The predicted octanol–water partition coefficient (Wildman–Crippen LogP) is 3.04. The Balaban J connectivity index is 1.87. The number of hydrogen-bond donors (Lipinski definition) is 1. The van der Waals surface area contributed by atoms with Gasteiger partial charge in [0.05, 0.1) is 0 Å². The Morgan fingerprint density at radius 2 is 2.12 bits per heavy atom. The maximum absolute atomic E-state index is 4.45. The molecule has 1 aliphatic carbocycles. The molecule has 2 heteroatoms. The van der Waals surface area contributed by atoms with Gasteiger partial charge in [-0.1, -0.05) is 26.3 Å². The van der Waals surface area contributed by atoms with Crippen molar-refractivity contribution in [1.82, 2.24) is 10.3 Å². The van der Waals surface area contributed by atoms with Gasteiger partial charge in [-0.2, -0.15) is 0 Å². The average molecular weight is 232 g/mol. The van der Waals surface area contributed by atoms with Gasteiger partial charge in [0.15, 0.2) is 0 Å². The van der Waals surface area contributed by atoms with Crippen molar-refractivity contribution in [3.63, 3.8) is 0 Å². The standard InChI is InChI=1S/C15H24N2/c1-12(2)17-11-14-7-5-6-13(14)10-15-8-3-4-9-16-15/h3-4,8-9,12-14,17H,5-7,10-11H2,1-2H3. The molecule has 1 N–H and O–H groups in total. The minimum Gasteiger partial charge on any atom is -0.314 e. The molecule has 0 aliphatic heterocycles. The molecule has 1 aliphatic rings. The lowest BCUT2D eigenvalue weighted by Gasteiger charge is -2.21. The zero-order valence-electron chi connectivity index (χ0n) is 11.0. The minimum atomic E-state index is 0.603. The molecule has 0 aromatic carbocycles. The van der Waals surface area contributed by atoms with Crippen molar-refractivity contribution in [2.75, 3.05) is 6.54 Å². The van der Waals surface area contributed by atoms with Crippen LogP contribution in [0.2, 0.25) is 0 Å². The van der Waals surface area contributed by atoms with Gasteiger partial charge >= 0.3 is 0 Å². The summed E-state index contributed by atoms with van der Waals surface area (Å²) in [4.78, 5) is 4.45. The van der Waals surface area contributed by atoms with Crippen molar-refractivity contribution < 1.29 is 0 Å². The smallest absolute Gasteiger partial charge is 0.0406 e. The van der Waals surface area contributed by atoms with Gasteiger partial charge in [-0.3, -0.25) is 4.98 Å². The SMILES string of the molecule is CC(C)NCC1CCCC1Cc1ccccn1. The summed E-state index contributed by atoms with van der Waals surface area (Å²) in [7, 11) is 0. The van der Waals surface area contributed by atoms with Crippen molar-refractivity contribution in [1.29, 1.82) is 0 Å². The lowest BCUT2D eigenvalue weighted by atomic mass is 9.91. The van der Waals surface area contributed by atoms with E-state index in [0.717, 1.165) is 18.3 Å². The molecule has 1 saturated carbocycles. The van der Waals surface area contributed by atoms with Gasteiger partial charge in [0.1, 0.15) is 0 Å². The molecule has 0 amide bonds. The van der Waals surface area contributed by atoms with E-state index in [0.29, 0.717) is 6.04 Å². The third-order valence-electron chi connectivity index (χ3n) is 3.80. The maximum Gasteiger partial charge on any atom is 0.0406 e. The molecule has 1 fully saturated rings. The van der Waals surface area contributed by atoms with E-state index in [4.69, 9.17) is 0 Å². The Morgan fingerprint density at radius 3 is 2.82 bits per heavy atom. The highest BCUT2D eigenvalue weighted by Crippen LogP contribution is 2.33. The normalized spacial score (nSPS) is 24.4. The van der Waals surface area contributed by atoms with Crippen LogP contribution in [0.15, 0.2) is 24.4 Å². The second kappa shape index (κ2) is 6.15. The largest absolute Gasteiger partial charge is 0.314 e. The van der Waals surface area contributed by atoms with Crippen LogP contribution in [0, 0.1) is 11.8 Å². The monoisotopic (exact) mass is 232 g/mol. The van der Waals surface area contributed by atoms with E-state index < -0.39 is 0 Å². The third-order valence-corrected chi connectivity index (χ3v) is 3.80. The fraction of sp³-hybridized carbons (Fsp3) is 0.667. The molecular weight excluding hydrogens is 208 g/mol. The van der Waals surface area contributed by atoms with Crippen LogP contribution in [0.25, 0.3) is 0 Å². The van der Waals surface area contributed by atoms with Crippen molar-refractivity contribution in [2.24, 2.45) is 11.8 Å². The summed E-state index contributed by atoms with van der Waals surface area (Å²) in [6.07, 6.45) is 7.22. The minimum absolute atomic E-state index is 0.603. The first kappa shape index (κ1) is 12.6. The highest BCUT2D eigenvalue weighted by atomic mass is 14.9. The third kappa shape index (κ3) is 3.81. The van der Waals surface area contributed by atoms with E-state index in [1.807, 2.05) is 12.3 Å². The van der Waals surface area contributed by atoms with Crippen LogP contribution in [0.4, 0.5) is 0 Å². The van der Waals surface area contributed by atoms with Crippen LogP contribution in [-0.4, -0.2) is 17.6 Å². The first-order chi connectivity index (χ1) is 8.25. The van der Waals surface area contributed by atoms with Crippen molar-refractivity contribution >= 4 is 0 Å². The molecular formula is C15H24N2. The fourth-order valence-corrected chi connectivity index (χ4v) is 2.83. The molecule has 2 rings (SSSR count). The number of pyridine rings is 1. The summed E-state index contributed by atoms with van der Waals surface area (Å²) in [5.74, 6) is 1.68. The zero-order chi connectivity index (χ0) is 12.1. The molecule has 94 valence electrons. The van der Waals surface area contributed by atoms with Gasteiger partial charge in [0.25, 0.3) is 0 Å². The van der Waals surface area contributed by atoms with Crippen LogP contribution >= 0.6 is 0 Å². The van der Waals surface area contributed by atoms with Crippen LogP contribution in [0.1, 0.15) is 38.8 Å². The number of aromatic nitrogens is 1. The second-order valence-electron chi connectivity index (χ2n) is 5.54. The summed E-state index contributed by atoms with van der Waals surface area (Å²) in [6, 6.07) is 6.85. The molecule has 2 nitrogen and oxygen atoms in total. The van der Waals surface area contributed by atoms with Crippen molar-refractivity contribution in [3.05, 3.63) is 30.1 Å². The van der Waals surface area contributed by atoms with Gasteiger partial charge in [0, 0.05) is 17.9 Å². The molecule has 1 aromatic rings. The lowest BCUT2D eigenvalue weighted by Crippen LogP contribution is -2.31. The molecule has 0 saturated heterocycles. The first-order valence-electron chi connectivity index (χ1n) is 6.89. The first-order valence-corrected chi connectivity index (χ1v) is 6.89. The summed E-state index contributed by atoms with van der Waals surface area (Å²) in [5, 5.41) is 3.58. The molecule has 1 heterocycles. The van der Waals surface area contributed by atoms with Crippen molar-refractivity contribution in [3.8, 4) is 0 Å². The van der Waals surface area contributed by atoms with Gasteiger partial charge < -0.3 is 5.32 Å². The van der Waals surface area contributed by atoms with E-state index in [-0.39, 0.29) is 0 Å². The highest BCUT2D eigenvalue weighted by molar-refractivity contribution is 5.05. The maximum atomic E-state index is 4.45.